The summed E-state index contributed by atoms with van der Waals surface area (Å²) in [4.78, 5) is 0. The summed E-state index contributed by atoms with van der Waals surface area (Å²) in [5, 5.41) is 4.51. The van der Waals surface area contributed by atoms with E-state index in [4.69, 9.17) is 15.2 Å². The number of hydrogen-bond donors (Lipinski definition) is 1. The van der Waals surface area contributed by atoms with E-state index in [2.05, 4.69) is 12.0 Å². The van der Waals surface area contributed by atoms with Crippen molar-refractivity contribution in [3.63, 3.8) is 0 Å². The quantitative estimate of drug-likeness (QED) is 0.932. The van der Waals surface area contributed by atoms with Crippen LogP contribution in [0.2, 0.25) is 0 Å². The van der Waals surface area contributed by atoms with Crippen LogP contribution in [0.1, 0.15) is 19.0 Å². The van der Waals surface area contributed by atoms with Gasteiger partial charge in [0, 0.05) is 12.6 Å². The fourth-order valence-corrected chi connectivity index (χ4v) is 2.52. The molecule has 0 spiro atoms. The van der Waals surface area contributed by atoms with Crippen LogP contribution in [0, 0.1) is 0 Å². The molecular formula is C15H19N3O2. The van der Waals surface area contributed by atoms with Gasteiger partial charge < -0.3 is 15.2 Å². The van der Waals surface area contributed by atoms with Crippen LogP contribution in [-0.4, -0.2) is 23.0 Å². The highest BCUT2D eigenvalue weighted by Crippen LogP contribution is 2.37. The number of benzene rings is 1. The van der Waals surface area contributed by atoms with Crippen LogP contribution in [0.15, 0.2) is 18.2 Å². The lowest BCUT2D eigenvalue weighted by atomic mass is 10.0. The van der Waals surface area contributed by atoms with Crippen molar-refractivity contribution in [1.29, 1.82) is 0 Å². The van der Waals surface area contributed by atoms with E-state index >= 15 is 0 Å². The van der Waals surface area contributed by atoms with Gasteiger partial charge in [0.25, 0.3) is 0 Å². The summed E-state index contributed by atoms with van der Waals surface area (Å²) in [6, 6.07) is 5.94. The summed E-state index contributed by atoms with van der Waals surface area (Å²) in [6.45, 7) is 3.32. The number of nitrogens with two attached hydrogens (primary N) is 1. The van der Waals surface area contributed by atoms with Crippen LogP contribution >= 0.6 is 0 Å². The van der Waals surface area contributed by atoms with Gasteiger partial charge in [0.15, 0.2) is 11.5 Å². The summed E-state index contributed by atoms with van der Waals surface area (Å²) in [5.41, 5.74) is 9.24. The van der Waals surface area contributed by atoms with E-state index in [1.54, 1.807) is 4.68 Å². The Kier molecular flexibility index (Phi) is 3.26. The highest BCUT2D eigenvalue weighted by molar-refractivity contribution is 5.78. The third-order valence-corrected chi connectivity index (χ3v) is 3.48. The Bertz CT molecular complexity index is 634. The summed E-state index contributed by atoms with van der Waals surface area (Å²) >= 11 is 0. The average molecular weight is 273 g/mol. The summed E-state index contributed by atoms with van der Waals surface area (Å²) < 4.78 is 12.9. The molecule has 20 heavy (non-hydrogen) atoms. The monoisotopic (exact) mass is 273 g/mol. The van der Waals surface area contributed by atoms with Crippen LogP contribution in [-0.2, 0) is 13.5 Å². The molecule has 0 amide bonds. The third-order valence-electron chi connectivity index (χ3n) is 3.48. The normalized spacial score (nSPS) is 13.5. The van der Waals surface area contributed by atoms with Crippen LogP contribution in [0.3, 0.4) is 0 Å². The van der Waals surface area contributed by atoms with Gasteiger partial charge in [0.2, 0.25) is 0 Å². The largest absolute Gasteiger partial charge is 0.486 e. The first-order valence-electron chi connectivity index (χ1n) is 6.92. The second-order valence-corrected chi connectivity index (χ2v) is 4.94. The Hall–Kier alpha value is -2.17. The molecule has 1 aliphatic heterocycles. The van der Waals surface area contributed by atoms with E-state index in [0.29, 0.717) is 19.0 Å². The maximum Gasteiger partial charge on any atom is 0.161 e. The second kappa shape index (κ2) is 5.07. The number of aryl methyl sites for hydroxylation is 2. The lowest BCUT2D eigenvalue weighted by Crippen LogP contribution is -2.15. The smallest absolute Gasteiger partial charge is 0.161 e. The van der Waals surface area contributed by atoms with E-state index in [0.717, 1.165) is 41.2 Å². The Morgan fingerprint density at radius 1 is 1.25 bits per heavy atom. The maximum atomic E-state index is 6.17. The predicted octanol–water partition coefficient (Wildman–Crippen LogP) is 2.39. The number of nitrogens with zero attached hydrogens (tertiary/aromatic N) is 2. The van der Waals surface area contributed by atoms with Gasteiger partial charge >= 0.3 is 0 Å². The number of anilines is 1. The molecule has 2 N–H and O–H groups in total. The molecule has 5 nitrogen and oxygen atoms in total. The molecule has 0 aliphatic carbocycles. The van der Waals surface area contributed by atoms with E-state index < -0.39 is 0 Å². The summed E-state index contributed by atoms with van der Waals surface area (Å²) in [6.07, 6.45) is 1.95. The Balaban J connectivity index is 2.08. The van der Waals surface area contributed by atoms with E-state index in [1.807, 2.05) is 25.2 Å². The van der Waals surface area contributed by atoms with Crippen molar-refractivity contribution in [2.75, 3.05) is 18.9 Å². The molecule has 5 heteroatoms. The molecule has 0 fully saturated rings. The van der Waals surface area contributed by atoms with Crippen molar-refractivity contribution in [3.05, 3.63) is 23.9 Å². The van der Waals surface area contributed by atoms with Gasteiger partial charge in [0.05, 0.1) is 5.69 Å². The van der Waals surface area contributed by atoms with Gasteiger partial charge in [-0.1, -0.05) is 19.4 Å². The molecule has 1 aliphatic rings. The van der Waals surface area contributed by atoms with Gasteiger partial charge in [-0.15, -0.1) is 0 Å². The van der Waals surface area contributed by atoms with E-state index in [1.165, 1.54) is 0 Å². The van der Waals surface area contributed by atoms with Crippen LogP contribution < -0.4 is 15.2 Å². The number of nitrogen functional groups attached to an aromatic ring is 1. The van der Waals surface area contributed by atoms with Gasteiger partial charge in [-0.2, -0.15) is 5.10 Å². The van der Waals surface area contributed by atoms with Gasteiger partial charge in [0.1, 0.15) is 19.0 Å². The molecule has 2 heterocycles. The predicted molar refractivity (Wildman–Crippen MR) is 78.0 cm³/mol. The zero-order valence-corrected chi connectivity index (χ0v) is 11.8. The van der Waals surface area contributed by atoms with Crippen molar-refractivity contribution in [3.8, 4) is 22.6 Å². The Morgan fingerprint density at radius 3 is 2.75 bits per heavy atom. The van der Waals surface area contributed by atoms with Crippen molar-refractivity contribution < 1.29 is 9.47 Å². The number of aromatic nitrogens is 2. The van der Waals surface area contributed by atoms with Gasteiger partial charge in [-0.3, -0.25) is 4.68 Å². The van der Waals surface area contributed by atoms with Crippen LogP contribution in [0.5, 0.6) is 11.5 Å². The first kappa shape index (κ1) is 12.8. The molecule has 1 aromatic heterocycles. The van der Waals surface area contributed by atoms with Crippen molar-refractivity contribution in [2.24, 2.45) is 7.05 Å². The molecule has 1 aromatic carbocycles. The molecule has 0 unspecified atom stereocenters. The molecule has 0 saturated carbocycles. The minimum Gasteiger partial charge on any atom is -0.486 e. The highest BCUT2D eigenvalue weighted by atomic mass is 16.6. The van der Waals surface area contributed by atoms with E-state index in [-0.39, 0.29) is 0 Å². The second-order valence-electron chi connectivity index (χ2n) is 4.94. The summed E-state index contributed by atoms with van der Waals surface area (Å²) in [5.74, 6) is 2.25. The number of hydrogen-bond acceptors (Lipinski definition) is 4. The number of rotatable bonds is 3. The van der Waals surface area contributed by atoms with Crippen LogP contribution in [0.25, 0.3) is 11.1 Å². The molecule has 3 rings (SSSR count). The van der Waals surface area contributed by atoms with E-state index in [9.17, 15) is 0 Å². The maximum absolute atomic E-state index is 6.17. The molecule has 106 valence electrons. The topological polar surface area (TPSA) is 62.3 Å². The first-order chi connectivity index (χ1) is 9.70. The zero-order chi connectivity index (χ0) is 14.1. The highest BCUT2D eigenvalue weighted by Gasteiger charge is 2.18. The molecule has 0 saturated heterocycles. The summed E-state index contributed by atoms with van der Waals surface area (Å²) in [7, 11) is 1.87. The minimum atomic E-state index is 0.584. The lowest BCUT2D eigenvalue weighted by Gasteiger charge is -2.19. The minimum absolute atomic E-state index is 0.584. The zero-order valence-electron chi connectivity index (χ0n) is 11.8. The SMILES string of the molecule is CCCc1nn(C)c(N)c1-c1ccc2c(c1)OCCO2. The average Bonchev–Trinajstić information content (AvgIpc) is 2.74. The van der Waals surface area contributed by atoms with Crippen molar-refractivity contribution in [1.82, 2.24) is 9.78 Å². The Morgan fingerprint density at radius 2 is 2.00 bits per heavy atom. The molecular weight excluding hydrogens is 254 g/mol. The molecule has 0 radical (unpaired) electrons. The number of ether oxygens (including phenoxy) is 2. The van der Waals surface area contributed by atoms with Crippen molar-refractivity contribution in [2.45, 2.75) is 19.8 Å². The fraction of sp³-hybridized carbons (Fsp3) is 0.400. The van der Waals surface area contributed by atoms with Gasteiger partial charge in [-0.05, 0) is 24.1 Å². The van der Waals surface area contributed by atoms with Crippen molar-refractivity contribution >= 4 is 5.82 Å². The standard InChI is InChI=1S/C15H19N3O2/c1-3-4-11-14(15(16)18(2)17-11)10-5-6-12-13(9-10)20-8-7-19-12/h5-6,9H,3-4,7-8,16H2,1-2H3. The van der Waals surface area contributed by atoms with Crippen LogP contribution in [0.4, 0.5) is 5.82 Å². The molecule has 0 bridgehead atoms. The Labute approximate surface area is 118 Å². The molecule has 2 aromatic rings. The lowest BCUT2D eigenvalue weighted by molar-refractivity contribution is 0.171. The third kappa shape index (κ3) is 2.09. The molecule has 0 atom stereocenters. The first-order valence-corrected chi connectivity index (χ1v) is 6.92. The fourth-order valence-electron chi connectivity index (χ4n) is 2.52. The van der Waals surface area contributed by atoms with Gasteiger partial charge in [-0.25, -0.2) is 0 Å². The number of fused-ring (bicyclic) bond motifs is 1.